The zero-order chi connectivity index (χ0) is 8.55. The van der Waals surface area contributed by atoms with Crippen LogP contribution in [0.1, 0.15) is 5.56 Å². The van der Waals surface area contributed by atoms with Crippen molar-refractivity contribution in [3.8, 4) is 5.75 Å². The van der Waals surface area contributed by atoms with Gasteiger partial charge in [0.05, 0.1) is 12.6 Å². The fourth-order valence-electron chi connectivity index (χ4n) is 1.45. The number of methoxy groups -OCH3 is 1. The molecule has 0 bridgehead atoms. The molecule has 12 heavy (non-hydrogen) atoms. The maximum atomic E-state index is 5.22. The van der Waals surface area contributed by atoms with E-state index in [1.807, 2.05) is 18.3 Å². The van der Waals surface area contributed by atoms with Gasteiger partial charge in [-0.05, 0) is 24.6 Å². The summed E-state index contributed by atoms with van der Waals surface area (Å²) in [6, 6.07) is 6.07. The van der Waals surface area contributed by atoms with Gasteiger partial charge in [-0.2, -0.15) is 0 Å². The van der Waals surface area contributed by atoms with Gasteiger partial charge >= 0.3 is 0 Å². The summed E-state index contributed by atoms with van der Waals surface area (Å²) in [4.78, 5) is 3.18. The highest BCUT2D eigenvalue weighted by Gasteiger charge is 2.02. The van der Waals surface area contributed by atoms with Gasteiger partial charge in [-0.1, -0.05) is 6.07 Å². The average Bonchev–Trinajstić information content (AvgIpc) is 2.54. The molecule has 0 amide bonds. The Hall–Kier alpha value is -1.44. The standard InChI is InChI=1S/C10H11NO/c1-7-3-4-9(12-2)8-5-6-11-10(7)8/h3-6,11H,1-2H3. The summed E-state index contributed by atoms with van der Waals surface area (Å²) in [5.74, 6) is 0.928. The summed E-state index contributed by atoms with van der Waals surface area (Å²) in [6.07, 6.45) is 1.93. The lowest BCUT2D eigenvalue weighted by atomic mass is 10.1. The molecule has 2 aromatic rings. The number of hydrogen-bond acceptors (Lipinski definition) is 1. The Bertz CT molecular complexity index is 403. The van der Waals surface area contributed by atoms with Crippen molar-refractivity contribution >= 4 is 10.9 Å². The molecule has 0 aliphatic carbocycles. The molecule has 0 spiro atoms. The fourth-order valence-corrected chi connectivity index (χ4v) is 1.45. The summed E-state index contributed by atoms with van der Waals surface area (Å²) in [5.41, 5.74) is 2.41. The van der Waals surface area contributed by atoms with E-state index in [2.05, 4.69) is 18.0 Å². The van der Waals surface area contributed by atoms with Crippen LogP contribution in [-0.4, -0.2) is 12.1 Å². The van der Waals surface area contributed by atoms with Crippen LogP contribution in [0.5, 0.6) is 5.75 Å². The topological polar surface area (TPSA) is 25.0 Å². The van der Waals surface area contributed by atoms with Gasteiger partial charge in [0.1, 0.15) is 5.75 Å². The molecular weight excluding hydrogens is 150 g/mol. The Balaban J connectivity index is 2.82. The highest BCUT2D eigenvalue weighted by atomic mass is 16.5. The average molecular weight is 161 g/mol. The lowest BCUT2D eigenvalue weighted by molar-refractivity contribution is 0.420. The first-order valence-electron chi connectivity index (χ1n) is 3.93. The van der Waals surface area contributed by atoms with Gasteiger partial charge in [0.15, 0.2) is 0 Å². The van der Waals surface area contributed by atoms with Crippen LogP contribution in [0.15, 0.2) is 24.4 Å². The predicted octanol–water partition coefficient (Wildman–Crippen LogP) is 2.48. The van der Waals surface area contributed by atoms with Crippen molar-refractivity contribution in [3.05, 3.63) is 30.0 Å². The van der Waals surface area contributed by atoms with Crippen molar-refractivity contribution < 1.29 is 4.74 Å². The molecule has 0 unspecified atom stereocenters. The van der Waals surface area contributed by atoms with E-state index in [1.54, 1.807) is 7.11 Å². The Morgan fingerprint density at radius 2 is 2.08 bits per heavy atom. The van der Waals surface area contributed by atoms with Crippen LogP contribution in [0, 0.1) is 6.92 Å². The molecule has 2 nitrogen and oxygen atoms in total. The summed E-state index contributed by atoms with van der Waals surface area (Å²) in [6.45, 7) is 2.08. The van der Waals surface area contributed by atoms with Crippen LogP contribution in [0.25, 0.3) is 10.9 Å². The van der Waals surface area contributed by atoms with E-state index in [1.165, 1.54) is 5.56 Å². The second kappa shape index (κ2) is 2.55. The van der Waals surface area contributed by atoms with E-state index in [0.29, 0.717) is 0 Å². The minimum Gasteiger partial charge on any atom is -0.496 e. The van der Waals surface area contributed by atoms with Crippen LogP contribution in [-0.2, 0) is 0 Å². The third kappa shape index (κ3) is 0.881. The van der Waals surface area contributed by atoms with Crippen molar-refractivity contribution in [3.63, 3.8) is 0 Å². The normalized spacial score (nSPS) is 10.5. The number of aromatic amines is 1. The van der Waals surface area contributed by atoms with Gasteiger partial charge in [-0.25, -0.2) is 0 Å². The van der Waals surface area contributed by atoms with Crippen LogP contribution < -0.4 is 4.74 Å². The maximum absolute atomic E-state index is 5.22. The number of ether oxygens (including phenoxy) is 1. The van der Waals surface area contributed by atoms with E-state index in [4.69, 9.17) is 4.74 Å². The summed E-state index contributed by atoms with van der Waals surface area (Å²) < 4.78 is 5.22. The number of H-pyrrole nitrogens is 1. The first-order chi connectivity index (χ1) is 5.83. The quantitative estimate of drug-likeness (QED) is 0.682. The molecule has 1 aromatic heterocycles. The highest BCUT2D eigenvalue weighted by molar-refractivity contribution is 5.88. The maximum Gasteiger partial charge on any atom is 0.128 e. The minimum atomic E-state index is 0.928. The Labute approximate surface area is 71.2 Å². The van der Waals surface area contributed by atoms with Gasteiger partial charge in [-0.15, -0.1) is 0 Å². The number of aromatic nitrogens is 1. The molecule has 0 radical (unpaired) electrons. The Morgan fingerprint density at radius 3 is 2.83 bits per heavy atom. The summed E-state index contributed by atoms with van der Waals surface area (Å²) in [5, 5.41) is 1.15. The number of hydrogen-bond donors (Lipinski definition) is 1. The van der Waals surface area contributed by atoms with Crippen LogP contribution in [0.2, 0.25) is 0 Å². The Kier molecular flexibility index (Phi) is 1.54. The van der Waals surface area contributed by atoms with Gasteiger partial charge in [-0.3, -0.25) is 0 Å². The van der Waals surface area contributed by atoms with Crippen LogP contribution in [0.4, 0.5) is 0 Å². The van der Waals surface area contributed by atoms with E-state index in [0.717, 1.165) is 16.7 Å². The molecule has 1 N–H and O–H groups in total. The molecule has 0 saturated carbocycles. The molecule has 2 heteroatoms. The number of nitrogens with one attached hydrogen (secondary N) is 1. The first kappa shape index (κ1) is 7.22. The van der Waals surface area contributed by atoms with Crippen LogP contribution >= 0.6 is 0 Å². The molecule has 1 heterocycles. The van der Waals surface area contributed by atoms with Crippen LogP contribution in [0.3, 0.4) is 0 Å². The number of fused-ring (bicyclic) bond motifs is 1. The van der Waals surface area contributed by atoms with E-state index in [9.17, 15) is 0 Å². The molecule has 62 valence electrons. The van der Waals surface area contributed by atoms with Crippen molar-refractivity contribution in [2.24, 2.45) is 0 Å². The molecular formula is C10H11NO. The third-order valence-electron chi connectivity index (χ3n) is 2.11. The largest absolute Gasteiger partial charge is 0.496 e. The molecule has 2 rings (SSSR count). The first-order valence-corrected chi connectivity index (χ1v) is 3.93. The molecule has 0 fully saturated rings. The second-order valence-corrected chi connectivity index (χ2v) is 2.85. The minimum absolute atomic E-state index is 0.928. The molecule has 0 atom stereocenters. The zero-order valence-corrected chi connectivity index (χ0v) is 7.22. The number of aryl methyl sites for hydroxylation is 1. The van der Waals surface area contributed by atoms with Crippen molar-refractivity contribution in [2.75, 3.05) is 7.11 Å². The van der Waals surface area contributed by atoms with Gasteiger partial charge < -0.3 is 9.72 Å². The predicted molar refractivity (Wildman–Crippen MR) is 49.6 cm³/mol. The lowest BCUT2D eigenvalue weighted by Crippen LogP contribution is -1.84. The van der Waals surface area contributed by atoms with Crippen molar-refractivity contribution in [2.45, 2.75) is 6.92 Å². The molecule has 1 aromatic carbocycles. The van der Waals surface area contributed by atoms with Crippen molar-refractivity contribution in [1.82, 2.24) is 4.98 Å². The van der Waals surface area contributed by atoms with E-state index < -0.39 is 0 Å². The Morgan fingerprint density at radius 1 is 1.25 bits per heavy atom. The van der Waals surface area contributed by atoms with E-state index in [-0.39, 0.29) is 0 Å². The van der Waals surface area contributed by atoms with E-state index >= 15 is 0 Å². The zero-order valence-electron chi connectivity index (χ0n) is 7.22. The van der Waals surface area contributed by atoms with Gasteiger partial charge in [0.2, 0.25) is 0 Å². The fraction of sp³-hybridized carbons (Fsp3) is 0.200. The highest BCUT2D eigenvalue weighted by Crippen LogP contribution is 2.26. The van der Waals surface area contributed by atoms with Crippen molar-refractivity contribution in [1.29, 1.82) is 0 Å². The number of benzene rings is 1. The SMILES string of the molecule is COc1ccc(C)c2[nH]ccc12. The third-order valence-corrected chi connectivity index (χ3v) is 2.11. The summed E-state index contributed by atoms with van der Waals surface area (Å²) >= 11 is 0. The smallest absolute Gasteiger partial charge is 0.128 e. The molecule has 0 aliphatic heterocycles. The second-order valence-electron chi connectivity index (χ2n) is 2.85. The monoisotopic (exact) mass is 161 g/mol. The van der Waals surface area contributed by atoms with Gasteiger partial charge in [0, 0.05) is 11.6 Å². The molecule has 0 saturated heterocycles. The molecule has 0 aliphatic rings. The summed E-state index contributed by atoms with van der Waals surface area (Å²) in [7, 11) is 1.69. The lowest BCUT2D eigenvalue weighted by Gasteiger charge is -2.02. The van der Waals surface area contributed by atoms with Gasteiger partial charge in [0.25, 0.3) is 0 Å². The number of rotatable bonds is 1.